The van der Waals surface area contributed by atoms with Crippen LogP contribution in [0.5, 0.6) is 0 Å². The van der Waals surface area contributed by atoms with Crippen LogP contribution < -0.4 is 4.90 Å². The van der Waals surface area contributed by atoms with E-state index in [9.17, 15) is 0 Å². The molecule has 0 aromatic heterocycles. The maximum Gasteiger partial charge on any atom is 0.0645 e. The molecule has 0 aliphatic carbocycles. The largest absolute Gasteiger partial charge is 0.309 e. The van der Waals surface area contributed by atoms with Crippen molar-refractivity contribution in [3.63, 3.8) is 0 Å². The Balaban J connectivity index is 1.73. The van der Waals surface area contributed by atoms with Gasteiger partial charge in [0.25, 0.3) is 0 Å². The van der Waals surface area contributed by atoms with E-state index >= 15 is 0 Å². The Labute approximate surface area is 203 Å². The van der Waals surface area contributed by atoms with Gasteiger partial charge in [-0.2, -0.15) is 0 Å². The number of hydrogen-bond donors (Lipinski definition) is 0. The molecule has 6 rings (SSSR count). The smallest absolute Gasteiger partial charge is 0.0645 e. The first-order valence-electron chi connectivity index (χ1n) is 12.8. The Kier molecular flexibility index (Phi) is 3.53. The Hall–Kier alpha value is -3.62. The van der Waals surface area contributed by atoms with Crippen molar-refractivity contribution in [1.82, 2.24) is 0 Å². The first-order valence-corrected chi connectivity index (χ1v) is 11.1. The molecule has 5 aromatic carbocycles. The van der Waals surface area contributed by atoms with Gasteiger partial charge >= 0.3 is 0 Å². The van der Waals surface area contributed by atoms with E-state index in [1.165, 1.54) is 0 Å². The van der Waals surface area contributed by atoms with Gasteiger partial charge in [0, 0.05) is 21.3 Å². The number of nitrogens with zero attached hydrogens (tertiary/aromatic N) is 1. The third-order valence-corrected chi connectivity index (χ3v) is 6.31. The summed E-state index contributed by atoms with van der Waals surface area (Å²) in [4.78, 5) is 1.82. The Morgan fingerprint density at radius 3 is 1.91 bits per heavy atom. The monoisotopic (exact) mass is 478 g/mol. The molecular weight excluding hydrogens is 454 g/mol. The maximum atomic E-state index is 8.77. The lowest BCUT2D eigenvalue weighted by Gasteiger charge is -2.27. The molecule has 0 unspecified atom stereocenters. The summed E-state index contributed by atoms with van der Waals surface area (Å²) in [5, 5.41) is 0. The first-order chi connectivity index (χ1) is 17.9. The van der Waals surface area contributed by atoms with Gasteiger partial charge < -0.3 is 4.90 Å². The summed E-state index contributed by atoms with van der Waals surface area (Å²) in [6.45, 7) is 0. The second kappa shape index (κ2) is 7.81. The van der Waals surface area contributed by atoms with Crippen molar-refractivity contribution < 1.29 is 6.85 Å². The Bertz CT molecular complexity index is 1670. The van der Waals surface area contributed by atoms with E-state index in [-0.39, 0.29) is 29.9 Å². The number of para-hydroxylation sites is 2. The molecule has 5 aromatic rings. The Morgan fingerprint density at radius 1 is 0.562 bits per heavy atom. The average molecular weight is 479 g/mol. The minimum Gasteiger partial charge on any atom is -0.309 e. The van der Waals surface area contributed by atoms with Gasteiger partial charge in [-0.1, -0.05) is 94.7 Å². The molecule has 0 atom stereocenters. The summed E-state index contributed by atoms with van der Waals surface area (Å²) in [6.07, 6.45) is 0. The van der Waals surface area contributed by atoms with Crippen molar-refractivity contribution in [1.29, 1.82) is 0 Å². The zero-order valence-electron chi connectivity index (χ0n) is 22.0. The molecule has 1 heterocycles. The van der Waals surface area contributed by atoms with E-state index in [2.05, 4.69) is 46.3 Å². The van der Waals surface area contributed by atoms with E-state index in [1.807, 2.05) is 65.6 Å². The van der Waals surface area contributed by atoms with E-state index in [0.717, 1.165) is 49.2 Å². The first kappa shape index (κ1) is 14.4. The van der Waals surface area contributed by atoms with Crippen molar-refractivity contribution in [2.45, 2.75) is 0 Å². The molecule has 0 N–H and O–H groups in total. The van der Waals surface area contributed by atoms with Gasteiger partial charge in [0.15, 0.2) is 0 Å². The van der Waals surface area contributed by atoms with Crippen LogP contribution in [0.1, 0.15) is 6.85 Å². The summed E-state index contributed by atoms with van der Waals surface area (Å²) >= 11 is 3.50. The standard InChI is InChI=1S/C30H20BrN/c31-23-17-14-21(15-18-23)22-16-19-30-28(20-22)26-11-5-4-10-25(26)27-12-6-7-13-29(27)32(30)24-8-2-1-3-9-24/h1-20H/i1D,2D,3D,8D,9D. The quantitative estimate of drug-likeness (QED) is 0.239. The van der Waals surface area contributed by atoms with E-state index in [4.69, 9.17) is 6.85 Å². The minimum absolute atomic E-state index is 0.129. The van der Waals surface area contributed by atoms with Crippen LogP contribution in [0.3, 0.4) is 0 Å². The van der Waals surface area contributed by atoms with Crippen LogP contribution in [-0.4, -0.2) is 0 Å². The third-order valence-electron chi connectivity index (χ3n) is 5.78. The molecule has 1 nitrogen and oxygen atoms in total. The van der Waals surface area contributed by atoms with Crippen LogP contribution in [0.4, 0.5) is 17.1 Å². The lowest BCUT2D eigenvalue weighted by atomic mass is 9.92. The fourth-order valence-corrected chi connectivity index (χ4v) is 4.61. The van der Waals surface area contributed by atoms with E-state index in [0.29, 0.717) is 0 Å². The van der Waals surface area contributed by atoms with Crippen LogP contribution in [-0.2, 0) is 0 Å². The number of halogens is 1. The molecule has 1 aliphatic rings. The lowest BCUT2D eigenvalue weighted by molar-refractivity contribution is 1.29. The number of anilines is 3. The minimum atomic E-state index is -0.407. The molecule has 0 spiro atoms. The van der Waals surface area contributed by atoms with Crippen molar-refractivity contribution in [2.24, 2.45) is 0 Å². The van der Waals surface area contributed by atoms with Crippen LogP contribution >= 0.6 is 15.9 Å². The zero-order valence-corrected chi connectivity index (χ0v) is 18.6. The van der Waals surface area contributed by atoms with Gasteiger partial charge in [0.2, 0.25) is 0 Å². The fourth-order valence-electron chi connectivity index (χ4n) is 4.34. The predicted molar refractivity (Wildman–Crippen MR) is 139 cm³/mol. The lowest BCUT2D eigenvalue weighted by Crippen LogP contribution is -2.10. The van der Waals surface area contributed by atoms with Gasteiger partial charge in [-0.3, -0.25) is 0 Å². The van der Waals surface area contributed by atoms with Crippen molar-refractivity contribution >= 4 is 33.0 Å². The van der Waals surface area contributed by atoms with Gasteiger partial charge in [0.1, 0.15) is 0 Å². The maximum absolute atomic E-state index is 8.77. The molecule has 0 saturated carbocycles. The molecule has 2 heteroatoms. The summed E-state index contributed by atoms with van der Waals surface area (Å²) in [6, 6.07) is 28.6. The normalized spacial score (nSPS) is 14.0. The topological polar surface area (TPSA) is 3.24 Å². The van der Waals surface area contributed by atoms with Crippen molar-refractivity contribution in [2.75, 3.05) is 4.90 Å². The summed E-state index contributed by atoms with van der Waals surface area (Å²) in [5.74, 6) is 0. The van der Waals surface area contributed by atoms with Crippen LogP contribution in [0, 0.1) is 0 Å². The molecule has 1 aliphatic heterocycles. The van der Waals surface area contributed by atoms with Crippen LogP contribution in [0.2, 0.25) is 0 Å². The molecular formula is C30H20BrN. The number of fused-ring (bicyclic) bond motifs is 5. The summed E-state index contributed by atoms with van der Waals surface area (Å²) in [7, 11) is 0. The van der Waals surface area contributed by atoms with E-state index < -0.39 is 6.04 Å². The van der Waals surface area contributed by atoms with Gasteiger partial charge in [0.05, 0.1) is 18.2 Å². The highest BCUT2D eigenvalue weighted by Gasteiger charge is 2.25. The molecule has 0 fully saturated rings. The van der Waals surface area contributed by atoms with Crippen molar-refractivity contribution in [3.05, 3.63) is 126 Å². The van der Waals surface area contributed by atoms with Gasteiger partial charge in [-0.15, -0.1) is 0 Å². The summed E-state index contributed by atoms with van der Waals surface area (Å²) < 4.78 is 43.3. The molecule has 0 saturated heterocycles. The molecule has 0 radical (unpaired) electrons. The molecule has 152 valence electrons. The highest BCUT2D eigenvalue weighted by atomic mass is 79.9. The Morgan fingerprint density at radius 2 is 1.16 bits per heavy atom. The second-order valence-corrected chi connectivity index (χ2v) is 8.53. The number of benzene rings is 5. The fraction of sp³-hybridized carbons (Fsp3) is 0. The zero-order chi connectivity index (χ0) is 25.8. The van der Waals surface area contributed by atoms with E-state index in [1.54, 1.807) is 0 Å². The molecule has 0 amide bonds. The van der Waals surface area contributed by atoms with Crippen LogP contribution in [0.25, 0.3) is 33.4 Å². The number of rotatable bonds is 2. The van der Waals surface area contributed by atoms with Crippen LogP contribution in [0.15, 0.2) is 126 Å². The SMILES string of the molecule is [2H]c1c([2H])c([2H])c(N2c3ccccc3-c3ccccc3-c3cc(-c4ccc(Br)cc4)ccc32)c([2H])c1[2H]. The third kappa shape index (κ3) is 3.16. The highest BCUT2D eigenvalue weighted by Crippen LogP contribution is 2.51. The number of hydrogen-bond acceptors (Lipinski definition) is 1. The van der Waals surface area contributed by atoms with Crippen molar-refractivity contribution in [3.8, 4) is 33.4 Å². The van der Waals surface area contributed by atoms with Gasteiger partial charge in [-0.25, -0.2) is 0 Å². The average Bonchev–Trinajstić information content (AvgIpc) is 3.05. The van der Waals surface area contributed by atoms with Gasteiger partial charge in [-0.05, 0) is 64.7 Å². The second-order valence-electron chi connectivity index (χ2n) is 7.61. The molecule has 32 heavy (non-hydrogen) atoms. The summed E-state index contributed by atoms with van der Waals surface area (Å²) in [5.41, 5.74) is 7.57. The predicted octanol–water partition coefficient (Wildman–Crippen LogP) is 9.23. The molecule has 0 bridgehead atoms. The highest BCUT2D eigenvalue weighted by molar-refractivity contribution is 9.10.